The number of imidazole rings is 1. The highest BCUT2D eigenvalue weighted by molar-refractivity contribution is 5.82. The Labute approximate surface area is 126 Å². The van der Waals surface area contributed by atoms with Gasteiger partial charge in [-0.2, -0.15) is 0 Å². The van der Waals surface area contributed by atoms with Crippen LogP contribution in [-0.4, -0.2) is 34.0 Å². The summed E-state index contributed by atoms with van der Waals surface area (Å²) in [6, 6.07) is 6.71. The third-order valence-electron chi connectivity index (χ3n) is 3.65. The lowest BCUT2D eigenvalue weighted by atomic mass is 10.1. The molecule has 116 valence electrons. The molecule has 7 heteroatoms. The van der Waals surface area contributed by atoms with E-state index >= 15 is 0 Å². The van der Waals surface area contributed by atoms with Crippen LogP contribution in [-0.2, 0) is 11.3 Å². The van der Waals surface area contributed by atoms with Gasteiger partial charge < -0.3 is 9.88 Å². The van der Waals surface area contributed by atoms with Crippen LogP contribution in [0.4, 0.5) is 8.78 Å². The van der Waals surface area contributed by atoms with Crippen molar-refractivity contribution in [2.24, 2.45) is 0 Å². The average molecular weight is 306 g/mol. The van der Waals surface area contributed by atoms with Gasteiger partial charge in [-0.1, -0.05) is 18.2 Å². The molecule has 0 aliphatic carbocycles. The SMILES string of the molecule is O=C(NCc1ccccc1-n1ccnc1)C1CC(F)(F)CN1. The fourth-order valence-corrected chi connectivity index (χ4v) is 2.52. The van der Waals surface area contributed by atoms with Gasteiger partial charge in [-0.05, 0) is 11.6 Å². The van der Waals surface area contributed by atoms with E-state index in [1.165, 1.54) is 0 Å². The van der Waals surface area contributed by atoms with Crippen molar-refractivity contribution >= 4 is 5.91 Å². The van der Waals surface area contributed by atoms with Gasteiger partial charge in [-0.15, -0.1) is 0 Å². The molecule has 22 heavy (non-hydrogen) atoms. The number of carbonyl (C=O) groups excluding carboxylic acids is 1. The number of halogens is 2. The number of benzene rings is 1. The molecule has 0 bridgehead atoms. The van der Waals surface area contributed by atoms with Crippen LogP contribution in [0.5, 0.6) is 0 Å². The maximum atomic E-state index is 13.1. The van der Waals surface area contributed by atoms with Crippen LogP contribution in [0.3, 0.4) is 0 Å². The van der Waals surface area contributed by atoms with E-state index in [1.807, 2.05) is 28.8 Å². The van der Waals surface area contributed by atoms with Crippen molar-refractivity contribution in [3.8, 4) is 5.69 Å². The Balaban J connectivity index is 1.66. The molecule has 2 heterocycles. The summed E-state index contributed by atoms with van der Waals surface area (Å²) in [4.78, 5) is 16.0. The van der Waals surface area contributed by atoms with Crippen molar-refractivity contribution in [3.63, 3.8) is 0 Å². The second-order valence-corrected chi connectivity index (χ2v) is 5.31. The maximum Gasteiger partial charge on any atom is 0.262 e. The number of hydrogen-bond donors (Lipinski definition) is 2. The summed E-state index contributed by atoms with van der Waals surface area (Å²) in [5.41, 5.74) is 1.78. The second-order valence-electron chi connectivity index (χ2n) is 5.31. The number of hydrogen-bond acceptors (Lipinski definition) is 3. The van der Waals surface area contributed by atoms with E-state index in [1.54, 1.807) is 18.7 Å². The summed E-state index contributed by atoms with van der Waals surface area (Å²) in [6.45, 7) is -0.173. The second kappa shape index (κ2) is 5.84. The lowest BCUT2D eigenvalue weighted by Gasteiger charge is -2.14. The third-order valence-corrected chi connectivity index (χ3v) is 3.65. The average Bonchev–Trinajstić information content (AvgIpc) is 3.14. The lowest BCUT2D eigenvalue weighted by Crippen LogP contribution is -2.40. The molecule has 2 aromatic rings. The molecule has 3 rings (SSSR count). The molecule has 1 aromatic heterocycles. The van der Waals surface area contributed by atoms with E-state index in [4.69, 9.17) is 0 Å². The van der Waals surface area contributed by atoms with Crippen LogP contribution in [0.25, 0.3) is 5.69 Å². The van der Waals surface area contributed by atoms with Gasteiger partial charge in [-0.3, -0.25) is 10.1 Å². The first-order valence-electron chi connectivity index (χ1n) is 7.00. The fraction of sp³-hybridized carbons (Fsp3) is 0.333. The first kappa shape index (κ1) is 14.6. The van der Waals surface area contributed by atoms with Crippen molar-refractivity contribution in [2.75, 3.05) is 6.54 Å². The summed E-state index contributed by atoms with van der Waals surface area (Å²) in [6.07, 6.45) is 4.68. The van der Waals surface area contributed by atoms with Crippen LogP contribution in [0.1, 0.15) is 12.0 Å². The van der Waals surface area contributed by atoms with E-state index in [-0.39, 0.29) is 6.54 Å². The van der Waals surface area contributed by atoms with E-state index in [0.29, 0.717) is 0 Å². The molecule has 1 atom stereocenters. The summed E-state index contributed by atoms with van der Waals surface area (Å²) in [7, 11) is 0. The van der Waals surface area contributed by atoms with Gasteiger partial charge in [0.25, 0.3) is 5.92 Å². The Morgan fingerprint density at radius 1 is 1.45 bits per heavy atom. The predicted molar refractivity (Wildman–Crippen MR) is 76.8 cm³/mol. The number of nitrogens with zero attached hydrogens (tertiary/aromatic N) is 2. The monoisotopic (exact) mass is 306 g/mol. The van der Waals surface area contributed by atoms with Gasteiger partial charge in [0.15, 0.2) is 0 Å². The minimum atomic E-state index is -2.81. The Kier molecular flexibility index (Phi) is 3.89. The number of carbonyl (C=O) groups is 1. The van der Waals surface area contributed by atoms with Gasteiger partial charge >= 0.3 is 0 Å². The van der Waals surface area contributed by atoms with Crippen molar-refractivity contribution in [2.45, 2.75) is 24.9 Å². The molecule has 0 spiro atoms. The molecular weight excluding hydrogens is 290 g/mol. The first-order valence-corrected chi connectivity index (χ1v) is 7.00. The Hall–Kier alpha value is -2.28. The first-order chi connectivity index (χ1) is 10.6. The van der Waals surface area contributed by atoms with Crippen molar-refractivity contribution in [3.05, 3.63) is 48.5 Å². The predicted octanol–water partition coefficient (Wildman–Crippen LogP) is 1.49. The zero-order valence-electron chi connectivity index (χ0n) is 11.8. The molecule has 1 unspecified atom stereocenters. The van der Waals surface area contributed by atoms with Gasteiger partial charge in [-0.25, -0.2) is 13.8 Å². The number of para-hydroxylation sites is 1. The molecule has 1 aromatic carbocycles. The molecule has 1 aliphatic rings. The van der Waals surface area contributed by atoms with Gasteiger partial charge in [0.1, 0.15) is 0 Å². The van der Waals surface area contributed by atoms with Crippen LogP contribution in [0.2, 0.25) is 0 Å². The largest absolute Gasteiger partial charge is 0.351 e. The minimum absolute atomic E-state index is 0.275. The number of amides is 1. The highest BCUT2D eigenvalue weighted by atomic mass is 19.3. The zero-order chi connectivity index (χ0) is 15.6. The van der Waals surface area contributed by atoms with Crippen LogP contribution >= 0.6 is 0 Å². The lowest BCUT2D eigenvalue weighted by molar-refractivity contribution is -0.123. The smallest absolute Gasteiger partial charge is 0.262 e. The van der Waals surface area contributed by atoms with Gasteiger partial charge in [0.2, 0.25) is 5.91 Å². The third kappa shape index (κ3) is 3.14. The number of rotatable bonds is 4. The Morgan fingerprint density at radius 3 is 2.95 bits per heavy atom. The van der Waals surface area contributed by atoms with Gasteiger partial charge in [0.05, 0.1) is 24.6 Å². The van der Waals surface area contributed by atoms with Crippen LogP contribution < -0.4 is 10.6 Å². The van der Waals surface area contributed by atoms with E-state index in [9.17, 15) is 13.6 Å². The summed E-state index contributed by atoms with van der Waals surface area (Å²) >= 11 is 0. The number of nitrogens with one attached hydrogen (secondary N) is 2. The summed E-state index contributed by atoms with van der Waals surface area (Å²) in [5.74, 6) is -3.21. The molecule has 1 saturated heterocycles. The quantitative estimate of drug-likeness (QED) is 0.900. The molecule has 5 nitrogen and oxygen atoms in total. The van der Waals surface area contributed by atoms with Crippen molar-refractivity contribution < 1.29 is 13.6 Å². The van der Waals surface area contributed by atoms with E-state index in [0.717, 1.165) is 11.3 Å². The molecule has 0 saturated carbocycles. The molecule has 1 amide bonds. The Morgan fingerprint density at radius 2 is 2.27 bits per heavy atom. The summed E-state index contributed by atoms with van der Waals surface area (Å²) in [5, 5.41) is 5.26. The normalized spacial score (nSPS) is 20.0. The highest BCUT2D eigenvalue weighted by Crippen LogP contribution is 2.25. The van der Waals surface area contributed by atoms with Gasteiger partial charge in [0, 0.05) is 25.4 Å². The Bertz CT molecular complexity index is 657. The summed E-state index contributed by atoms with van der Waals surface area (Å²) < 4.78 is 28.1. The highest BCUT2D eigenvalue weighted by Gasteiger charge is 2.42. The molecule has 0 radical (unpaired) electrons. The number of aromatic nitrogens is 2. The minimum Gasteiger partial charge on any atom is -0.351 e. The molecule has 2 N–H and O–H groups in total. The van der Waals surface area contributed by atoms with Crippen LogP contribution in [0, 0.1) is 0 Å². The molecular formula is C15H16F2N4O. The van der Waals surface area contributed by atoms with E-state index < -0.39 is 30.8 Å². The number of alkyl halides is 2. The zero-order valence-corrected chi connectivity index (χ0v) is 11.8. The fourth-order valence-electron chi connectivity index (χ4n) is 2.52. The van der Waals surface area contributed by atoms with Crippen LogP contribution in [0.15, 0.2) is 43.0 Å². The van der Waals surface area contributed by atoms with Crippen molar-refractivity contribution in [1.29, 1.82) is 0 Å². The molecule has 1 aliphatic heterocycles. The topological polar surface area (TPSA) is 59.0 Å². The maximum absolute atomic E-state index is 13.1. The van der Waals surface area contributed by atoms with Crippen molar-refractivity contribution in [1.82, 2.24) is 20.2 Å². The van der Waals surface area contributed by atoms with E-state index in [2.05, 4.69) is 15.6 Å². The molecule has 1 fully saturated rings. The standard InChI is InChI=1S/C15H16F2N4O/c16-15(17)7-12(20-9-15)14(22)19-8-11-3-1-2-4-13(11)21-6-5-18-10-21/h1-6,10,12,20H,7-9H2,(H,19,22).